The fourth-order valence-corrected chi connectivity index (χ4v) is 6.11. The summed E-state index contributed by atoms with van der Waals surface area (Å²) in [5.74, 6) is 3.47. The minimum Gasteiger partial charge on any atom is -0.355 e. The van der Waals surface area contributed by atoms with Crippen molar-refractivity contribution in [1.82, 2.24) is 20.4 Å². The first-order valence-corrected chi connectivity index (χ1v) is 11.2. The lowest BCUT2D eigenvalue weighted by Gasteiger charge is -2.38. The summed E-state index contributed by atoms with van der Waals surface area (Å²) in [5, 5.41) is 7.30. The Balaban J connectivity index is 0.00000243. The van der Waals surface area contributed by atoms with Crippen molar-refractivity contribution < 1.29 is 0 Å². The van der Waals surface area contributed by atoms with E-state index in [1.807, 2.05) is 7.05 Å². The molecule has 0 aromatic carbocycles. The molecular formula is C19H38IN5S. The van der Waals surface area contributed by atoms with Crippen LogP contribution in [0, 0.1) is 0 Å². The Kier molecular flexibility index (Phi) is 9.30. The summed E-state index contributed by atoms with van der Waals surface area (Å²) >= 11 is 2.07. The molecule has 2 saturated heterocycles. The summed E-state index contributed by atoms with van der Waals surface area (Å²) in [6.07, 6.45) is 9.46. The third kappa shape index (κ3) is 5.64. The Labute approximate surface area is 181 Å². The van der Waals surface area contributed by atoms with Crippen LogP contribution in [0.2, 0.25) is 0 Å². The maximum atomic E-state index is 4.49. The van der Waals surface area contributed by atoms with Crippen LogP contribution in [0.3, 0.4) is 0 Å². The second-order valence-electron chi connectivity index (χ2n) is 8.24. The molecule has 5 nitrogen and oxygen atoms in total. The molecule has 1 aliphatic carbocycles. The standard InChI is InChI=1S/C19H37N5S.HI/c1-20-18(21-14-19(23(2)3)10-13-25-15-19)22-16-8-11-24(12-9-16)17-6-4-5-7-17;/h16-17H,4-15H2,1-3H3,(H2,20,21,22);1H. The lowest BCUT2D eigenvalue weighted by molar-refractivity contribution is 0.149. The lowest BCUT2D eigenvalue weighted by atomic mass is 9.97. The number of nitrogens with zero attached hydrogens (tertiary/aromatic N) is 3. The van der Waals surface area contributed by atoms with Crippen molar-refractivity contribution in [2.75, 3.05) is 52.3 Å². The number of guanidine groups is 1. The van der Waals surface area contributed by atoms with E-state index in [4.69, 9.17) is 0 Å². The van der Waals surface area contributed by atoms with Gasteiger partial charge in [0.15, 0.2) is 5.96 Å². The highest BCUT2D eigenvalue weighted by Gasteiger charge is 2.36. The van der Waals surface area contributed by atoms with E-state index in [0.29, 0.717) is 6.04 Å². The predicted octanol–water partition coefficient (Wildman–Crippen LogP) is 2.61. The van der Waals surface area contributed by atoms with Crippen LogP contribution < -0.4 is 10.6 Å². The number of likely N-dealkylation sites (N-methyl/N-ethyl adjacent to an activating group) is 1. The first-order valence-electron chi connectivity index (χ1n) is 10.1. The number of halogens is 1. The van der Waals surface area contributed by atoms with Crippen molar-refractivity contribution in [2.24, 2.45) is 4.99 Å². The molecule has 0 bridgehead atoms. The molecule has 2 heterocycles. The number of hydrogen-bond acceptors (Lipinski definition) is 4. The molecule has 1 unspecified atom stereocenters. The summed E-state index contributed by atoms with van der Waals surface area (Å²) < 4.78 is 0. The highest BCUT2D eigenvalue weighted by Crippen LogP contribution is 2.31. The van der Waals surface area contributed by atoms with Crippen LogP contribution in [0.5, 0.6) is 0 Å². The van der Waals surface area contributed by atoms with Gasteiger partial charge in [-0.2, -0.15) is 11.8 Å². The molecule has 0 aromatic heterocycles. The number of likely N-dealkylation sites (tertiary alicyclic amines) is 1. The minimum absolute atomic E-state index is 0. The summed E-state index contributed by atoms with van der Waals surface area (Å²) in [5.41, 5.74) is 0.272. The number of nitrogens with one attached hydrogen (secondary N) is 2. The number of piperidine rings is 1. The summed E-state index contributed by atoms with van der Waals surface area (Å²) in [6, 6.07) is 1.44. The molecule has 152 valence electrons. The summed E-state index contributed by atoms with van der Waals surface area (Å²) in [7, 11) is 6.32. The molecule has 2 aliphatic heterocycles. The fourth-order valence-electron chi connectivity index (χ4n) is 4.56. The van der Waals surface area contributed by atoms with E-state index >= 15 is 0 Å². The molecule has 3 fully saturated rings. The van der Waals surface area contributed by atoms with Crippen molar-refractivity contribution in [3.63, 3.8) is 0 Å². The minimum atomic E-state index is 0. The Hall–Kier alpha value is 0.270. The van der Waals surface area contributed by atoms with Crippen LogP contribution in [0.25, 0.3) is 0 Å². The molecule has 1 atom stereocenters. The molecule has 3 aliphatic rings. The number of rotatable bonds is 5. The molecule has 0 spiro atoms. The van der Waals surface area contributed by atoms with Gasteiger partial charge in [0.05, 0.1) is 0 Å². The molecule has 0 aromatic rings. The quantitative estimate of drug-likeness (QED) is 0.349. The van der Waals surface area contributed by atoms with Crippen LogP contribution in [0.1, 0.15) is 44.9 Å². The van der Waals surface area contributed by atoms with Gasteiger partial charge in [0.2, 0.25) is 0 Å². The molecule has 3 rings (SSSR count). The van der Waals surface area contributed by atoms with Gasteiger partial charge in [-0.15, -0.1) is 24.0 Å². The highest BCUT2D eigenvalue weighted by atomic mass is 127. The molecule has 0 amide bonds. The highest BCUT2D eigenvalue weighted by molar-refractivity contribution is 14.0. The van der Waals surface area contributed by atoms with E-state index in [1.54, 1.807) is 0 Å². The van der Waals surface area contributed by atoms with E-state index in [1.165, 1.54) is 69.5 Å². The van der Waals surface area contributed by atoms with E-state index in [-0.39, 0.29) is 29.5 Å². The smallest absolute Gasteiger partial charge is 0.191 e. The van der Waals surface area contributed by atoms with Crippen LogP contribution in [0.15, 0.2) is 4.99 Å². The normalized spacial score (nSPS) is 29.2. The average molecular weight is 496 g/mol. The maximum Gasteiger partial charge on any atom is 0.191 e. The van der Waals surface area contributed by atoms with Crippen LogP contribution in [-0.4, -0.2) is 85.7 Å². The zero-order valence-electron chi connectivity index (χ0n) is 16.8. The molecule has 7 heteroatoms. The third-order valence-corrected chi connectivity index (χ3v) is 7.79. The molecule has 26 heavy (non-hydrogen) atoms. The van der Waals surface area contributed by atoms with Gasteiger partial charge in [-0.25, -0.2) is 0 Å². The fraction of sp³-hybridized carbons (Fsp3) is 0.947. The van der Waals surface area contributed by atoms with Crippen molar-refractivity contribution in [2.45, 2.75) is 62.6 Å². The van der Waals surface area contributed by atoms with Crippen LogP contribution >= 0.6 is 35.7 Å². The Bertz CT molecular complexity index is 439. The van der Waals surface area contributed by atoms with E-state index in [9.17, 15) is 0 Å². The Morgan fingerprint density at radius 1 is 1.19 bits per heavy atom. The van der Waals surface area contributed by atoms with E-state index in [2.05, 4.69) is 51.3 Å². The Morgan fingerprint density at radius 2 is 1.88 bits per heavy atom. The van der Waals surface area contributed by atoms with Gasteiger partial charge in [-0.1, -0.05) is 12.8 Å². The second-order valence-corrected chi connectivity index (χ2v) is 9.35. The zero-order chi connectivity index (χ0) is 17.7. The predicted molar refractivity (Wildman–Crippen MR) is 125 cm³/mol. The van der Waals surface area contributed by atoms with Gasteiger partial charge in [0.1, 0.15) is 0 Å². The monoisotopic (exact) mass is 495 g/mol. The topological polar surface area (TPSA) is 42.9 Å². The Morgan fingerprint density at radius 3 is 2.42 bits per heavy atom. The van der Waals surface area contributed by atoms with Gasteiger partial charge >= 0.3 is 0 Å². The third-order valence-electron chi connectivity index (χ3n) is 6.55. The van der Waals surface area contributed by atoms with Crippen molar-refractivity contribution in [1.29, 1.82) is 0 Å². The maximum absolute atomic E-state index is 4.49. The molecule has 1 saturated carbocycles. The van der Waals surface area contributed by atoms with Crippen molar-refractivity contribution in [3.8, 4) is 0 Å². The second kappa shape index (κ2) is 10.7. The largest absolute Gasteiger partial charge is 0.355 e. The van der Waals surface area contributed by atoms with Gasteiger partial charge in [-0.3, -0.25) is 4.99 Å². The van der Waals surface area contributed by atoms with Gasteiger partial charge in [0, 0.05) is 50.1 Å². The zero-order valence-corrected chi connectivity index (χ0v) is 19.9. The number of thioether (sulfide) groups is 1. The summed E-state index contributed by atoms with van der Waals surface area (Å²) in [4.78, 5) is 9.62. The van der Waals surface area contributed by atoms with Crippen LogP contribution in [0.4, 0.5) is 0 Å². The molecule has 0 radical (unpaired) electrons. The molecule has 2 N–H and O–H groups in total. The SMILES string of the molecule is CN=C(NCC1(N(C)C)CCSC1)NC1CCN(C2CCCC2)CC1.I. The van der Waals surface area contributed by atoms with Gasteiger partial charge in [0.25, 0.3) is 0 Å². The van der Waals surface area contributed by atoms with E-state index in [0.717, 1.165) is 18.5 Å². The lowest BCUT2D eigenvalue weighted by Crippen LogP contribution is -2.56. The van der Waals surface area contributed by atoms with Gasteiger partial charge < -0.3 is 20.4 Å². The number of aliphatic imine (C=N–C) groups is 1. The van der Waals surface area contributed by atoms with Crippen LogP contribution in [-0.2, 0) is 0 Å². The summed E-state index contributed by atoms with van der Waals surface area (Å²) in [6.45, 7) is 3.47. The van der Waals surface area contributed by atoms with Gasteiger partial charge in [-0.05, 0) is 52.0 Å². The first kappa shape index (κ1) is 22.6. The van der Waals surface area contributed by atoms with Crippen molar-refractivity contribution >= 4 is 41.7 Å². The molecular weight excluding hydrogens is 457 g/mol. The number of hydrogen-bond donors (Lipinski definition) is 2. The first-order chi connectivity index (χ1) is 12.1. The van der Waals surface area contributed by atoms with E-state index < -0.39 is 0 Å². The average Bonchev–Trinajstić information content (AvgIpc) is 3.31. The van der Waals surface area contributed by atoms with Crippen molar-refractivity contribution in [3.05, 3.63) is 0 Å².